The summed E-state index contributed by atoms with van der Waals surface area (Å²) in [6.45, 7) is 5.47. The number of ether oxygens (including phenoxy) is 1. The van der Waals surface area contributed by atoms with Gasteiger partial charge in [0.05, 0.1) is 17.2 Å². The van der Waals surface area contributed by atoms with Crippen LogP contribution in [0.25, 0.3) is 0 Å². The highest BCUT2D eigenvalue weighted by Gasteiger charge is 2.38. The van der Waals surface area contributed by atoms with E-state index in [9.17, 15) is 13.2 Å². The molecular weight excluding hydrogens is 245 g/mol. The Morgan fingerprint density at radius 2 is 2.00 bits per heavy atom. The summed E-state index contributed by atoms with van der Waals surface area (Å²) in [5.41, 5.74) is 4.18. The Morgan fingerprint density at radius 1 is 1.39 bits per heavy atom. The zero-order valence-corrected chi connectivity index (χ0v) is 10.6. The van der Waals surface area contributed by atoms with Crippen molar-refractivity contribution >= 4 is 0 Å². The molecular formula is C12H17F3N2O. The average molecular weight is 262 g/mol. The van der Waals surface area contributed by atoms with Crippen molar-refractivity contribution < 1.29 is 17.9 Å². The van der Waals surface area contributed by atoms with Gasteiger partial charge in [-0.25, -0.2) is 0 Å². The quantitative estimate of drug-likeness (QED) is 0.907. The Bertz CT molecular complexity index is 405. The summed E-state index contributed by atoms with van der Waals surface area (Å²) in [4.78, 5) is 3.72. The number of hydrogen-bond donors (Lipinski definition) is 1. The fourth-order valence-electron chi connectivity index (χ4n) is 1.75. The molecule has 0 radical (unpaired) electrons. The molecule has 1 aromatic rings. The number of hydrogen-bond acceptors (Lipinski definition) is 3. The van der Waals surface area contributed by atoms with E-state index in [1.165, 1.54) is 0 Å². The normalized spacial score (nSPS) is 14.6. The highest BCUT2D eigenvalue weighted by molar-refractivity contribution is 5.30. The second kappa shape index (κ2) is 5.24. The Balaban J connectivity index is 3.17. The van der Waals surface area contributed by atoms with Gasteiger partial charge in [0.2, 0.25) is 0 Å². The molecule has 0 aliphatic heterocycles. The molecule has 6 heteroatoms. The van der Waals surface area contributed by atoms with E-state index >= 15 is 0 Å². The number of pyridine rings is 1. The van der Waals surface area contributed by atoms with Crippen LogP contribution >= 0.6 is 0 Å². The van der Waals surface area contributed by atoms with Gasteiger partial charge in [0.15, 0.2) is 0 Å². The molecule has 0 aliphatic rings. The van der Waals surface area contributed by atoms with Crippen molar-refractivity contribution in [2.45, 2.75) is 38.6 Å². The van der Waals surface area contributed by atoms with Crippen LogP contribution in [0.4, 0.5) is 13.2 Å². The van der Waals surface area contributed by atoms with Crippen LogP contribution in [0.2, 0.25) is 0 Å². The van der Waals surface area contributed by atoms with Gasteiger partial charge in [0, 0.05) is 24.6 Å². The molecule has 0 aliphatic carbocycles. The van der Waals surface area contributed by atoms with Gasteiger partial charge in [0.25, 0.3) is 0 Å². The van der Waals surface area contributed by atoms with Gasteiger partial charge in [-0.05, 0) is 26.8 Å². The first-order valence-corrected chi connectivity index (χ1v) is 5.60. The van der Waals surface area contributed by atoms with Gasteiger partial charge < -0.3 is 10.5 Å². The molecule has 0 saturated carbocycles. The lowest BCUT2D eigenvalue weighted by Gasteiger charge is -2.32. The third-order valence-corrected chi connectivity index (χ3v) is 2.76. The topological polar surface area (TPSA) is 48.1 Å². The van der Waals surface area contributed by atoms with E-state index < -0.39 is 23.4 Å². The van der Waals surface area contributed by atoms with Crippen LogP contribution in [0.1, 0.15) is 37.9 Å². The zero-order valence-electron chi connectivity index (χ0n) is 10.6. The molecule has 102 valence electrons. The van der Waals surface area contributed by atoms with Gasteiger partial charge >= 0.3 is 6.18 Å². The van der Waals surface area contributed by atoms with Crippen LogP contribution < -0.4 is 5.73 Å². The van der Waals surface area contributed by atoms with E-state index in [0.29, 0.717) is 6.61 Å². The summed E-state index contributed by atoms with van der Waals surface area (Å²) in [5.74, 6) is 0. The number of alkyl halides is 3. The Morgan fingerprint density at radius 3 is 2.50 bits per heavy atom. The molecule has 1 atom stereocenters. The Hall–Kier alpha value is -1.14. The molecule has 1 aromatic heterocycles. The molecule has 18 heavy (non-hydrogen) atoms. The minimum absolute atomic E-state index is 0.0524. The third kappa shape index (κ3) is 3.20. The van der Waals surface area contributed by atoms with E-state index in [1.54, 1.807) is 20.8 Å². The number of rotatable bonds is 4. The highest BCUT2D eigenvalue weighted by Crippen LogP contribution is 2.37. The maximum atomic E-state index is 12.9. The number of halogens is 3. The third-order valence-electron chi connectivity index (χ3n) is 2.76. The Kier molecular flexibility index (Phi) is 4.34. The summed E-state index contributed by atoms with van der Waals surface area (Å²) < 4.78 is 44.0. The van der Waals surface area contributed by atoms with Gasteiger partial charge in [-0.3, -0.25) is 4.98 Å². The van der Waals surface area contributed by atoms with E-state index in [4.69, 9.17) is 10.5 Å². The van der Waals surface area contributed by atoms with Gasteiger partial charge in [-0.1, -0.05) is 0 Å². The molecule has 2 N–H and O–H groups in total. The second-order valence-electron chi connectivity index (χ2n) is 4.47. The molecule has 0 spiro atoms. The highest BCUT2D eigenvalue weighted by atomic mass is 19.4. The molecule has 0 bridgehead atoms. The van der Waals surface area contributed by atoms with Crippen molar-refractivity contribution in [1.29, 1.82) is 0 Å². The Labute approximate surface area is 104 Å². The summed E-state index contributed by atoms with van der Waals surface area (Å²) in [7, 11) is 0. The fourth-order valence-corrected chi connectivity index (χ4v) is 1.75. The second-order valence-corrected chi connectivity index (χ2v) is 4.47. The summed E-state index contributed by atoms with van der Waals surface area (Å²) >= 11 is 0. The van der Waals surface area contributed by atoms with Gasteiger partial charge in [-0.15, -0.1) is 0 Å². The molecule has 0 saturated heterocycles. The first kappa shape index (κ1) is 14.9. The average Bonchev–Trinajstić information content (AvgIpc) is 2.27. The van der Waals surface area contributed by atoms with Crippen LogP contribution in [-0.4, -0.2) is 17.2 Å². The van der Waals surface area contributed by atoms with E-state index in [-0.39, 0.29) is 5.56 Å². The van der Waals surface area contributed by atoms with E-state index in [1.807, 2.05) is 0 Å². The van der Waals surface area contributed by atoms with Crippen molar-refractivity contribution in [3.05, 3.63) is 29.6 Å². The minimum Gasteiger partial charge on any atom is -0.374 e. The monoisotopic (exact) mass is 262 g/mol. The summed E-state index contributed by atoms with van der Waals surface area (Å²) in [6.07, 6.45) is -2.20. The smallest absolute Gasteiger partial charge is 0.374 e. The fraction of sp³-hybridized carbons (Fsp3) is 0.583. The molecule has 3 nitrogen and oxygen atoms in total. The molecule has 1 unspecified atom stereocenters. The molecule has 1 rings (SSSR count). The predicted octanol–water partition coefficient (Wildman–Crippen LogP) is 2.92. The molecule has 1 heterocycles. The zero-order chi connectivity index (χ0) is 14.0. The lowest BCUT2D eigenvalue weighted by Crippen LogP contribution is -2.39. The maximum absolute atomic E-state index is 12.9. The lowest BCUT2D eigenvalue weighted by atomic mass is 9.90. The molecule has 0 fully saturated rings. The SMILES string of the molecule is CCOC(C)(C)C(N)c1cnccc1C(F)(F)F. The van der Waals surface area contributed by atoms with E-state index in [2.05, 4.69) is 4.98 Å². The lowest BCUT2D eigenvalue weighted by molar-refractivity contribution is -0.139. The van der Waals surface area contributed by atoms with Crippen molar-refractivity contribution in [1.82, 2.24) is 4.98 Å². The predicted molar refractivity (Wildman–Crippen MR) is 61.9 cm³/mol. The largest absolute Gasteiger partial charge is 0.416 e. The summed E-state index contributed by atoms with van der Waals surface area (Å²) in [6, 6.07) is 0.0276. The van der Waals surface area contributed by atoms with E-state index in [0.717, 1.165) is 18.5 Å². The standard InChI is InChI=1S/C12H17F3N2O/c1-4-18-11(2,3)10(16)8-7-17-6-5-9(8)12(13,14)15/h5-7,10H,4,16H2,1-3H3. The van der Waals surface area contributed by atoms with Crippen LogP contribution in [0.3, 0.4) is 0 Å². The van der Waals surface area contributed by atoms with Gasteiger partial charge in [-0.2, -0.15) is 13.2 Å². The van der Waals surface area contributed by atoms with Crippen LogP contribution in [-0.2, 0) is 10.9 Å². The van der Waals surface area contributed by atoms with Crippen LogP contribution in [0, 0.1) is 0 Å². The first-order chi connectivity index (χ1) is 8.20. The minimum atomic E-state index is -4.45. The van der Waals surface area contributed by atoms with Crippen LogP contribution in [0.5, 0.6) is 0 Å². The number of aromatic nitrogens is 1. The van der Waals surface area contributed by atoms with Gasteiger partial charge in [0.1, 0.15) is 0 Å². The number of nitrogens with two attached hydrogens (primary N) is 1. The summed E-state index contributed by atoms with van der Waals surface area (Å²) in [5, 5.41) is 0. The molecule has 0 aromatic carbocycles. The number of nitrogens with zero attached hydrogens (tertiary/aromatic N) is 1. The van der Waals surface area contributed by atoms with Crippen molar-refractivity contribution in [3.63, 3.8) is 0 Å². The van der Waals surface area contributed by atoms with Crippen molar-refractivity contribution in [2.24, 2.45) is 5.73 Å². The van der Waals surface area contributed by atoms with Crippen molar-refractivity contribution in [3.8, 4) is 0 Å². The first-order valence-electron chi connectivity index (χ1n) is 5.60. The van der Waals surface area contributed by atoms with Crippen LogP contribution in [0.15, 0.2) is 18.5 Å². The maximum Gasteiger partial charge on any atom is 0.416 e. The van der Waals surface area contributed by atoms with Crippen molar-refractivity contribution in [2.75, 3.05) is 6.61 Å². The molecule has 0 amide bonds.